The zero-order valence-electron chi connectivity index (χ0n) is 10.6. The molecule has 0 aliphatic carbocycles. The van der Waals surface area contributed by atoms with Gasteiger partial charge in [-0.1, -0.05) is 52.3 Å². The van der Waals surface area contributed by atoms with Crippen LogP contribution in [-0.4, -0.2) is 6.61 Å². The van der Waals surface area contributed by atoms with Crippen LogP contribution in [0.4, 0.5) is 0 Å². The molecule has 2 aromatic rings. The summed E-state index contributed by atoms with van der Waals surface area (Å²) in [6, 6.07) is 17.0. The molecule has 1 aliphatic rings. The summed E-state index contributed by atoms with van der Waals surface area (Å²) in [7, 11) is 0. The molecule has 1 atom stereocenters. The highest BCUT2D eigenvalue weighted by molar-refractivity contribution is 9.10. The highest BCUT2D eigenvalue weighted by atomic mass is 79.9. The van der Waals surface area contributed by atoms with Crippen LogP contribution in [-0.2, 0) is 6.54 Å². The van der Waals surface area contributed by atoms with Crippen LogP contribution in [0.25, 0.3) is 0 Å². The van der Waals surface area contributed by atoms with Gasteiger partial charge < -0.3 is 10.1 Å². The van der Waals surface area contributed by atoms with Crippen molar-refractivity contribution in [3.05, 3.63) is 64.1 Å². The van der Waals surface area contributed by atoms with Crippen LogP contribution >= 0.6 is 15.9 Å². The zero-order chi connectivity index (χ0) is 13.1. The first-order chi connectivity index (χ1) is 9.34. The number of benzene rings is 2. The predicted molar refractivity (Wildman–Crippen MR) is 80.3 cm³/mol. The summed E-state index contributed by atoms with van der Waals surface area (Å²) in [6.07, 6.45) is 1.02. The third-order valence-electron chi connectivity index (χ3n) is 3.46. The second-order valence-corrected chi connectivity index (χ2v) is 5.55. The minimum atomic E-state index is 0.372. The van der Waals surface area contributed by atoms with Crippen LogP contribution in [0.3, 0.4) is 0 Å². The van der Waals surface area contributed by atoms with E-state index in [9.17, 15) is 0 Å². The standard InChI is InChI=1S/C16H16BrNO/c17-14-7-3-1-5-12(14)11-18-15-9-10-19-16-8-4-2-6-13(15)16/h1-8,15,18H,9-11H2. The smallest absolute Gasteiger partial charge is 0.124 e. The second kappa shape index (κ2) is 5.76. The van der Waals surface area contributed by atoms with Gasteiger partial charge in [-0.25, -0.2) is 0 Å². The van der Waals surface area contributed by atoms with E-state index in [2.05, 4.69) is 51.6 Å². The fraction of sp³-hybridized carbons (Fsp3) is 0.250. The normalized spacial score (nSPS) is 17.6. The maximum Gasteiger partial charge on any atom is 0.124 e. The van der Waals surface area contributed by atoms with Crippen molar-refractivity contribution in [1.29, 1.82) is 0 Å². The first-order valence-electron chi connectivity index (χ1n) is 6.53. The van der Waals surface area contributed by atoms with Crippen LogP contribution in [0.2, 0.25) is 0 Å². The van der Waals surface area contributed by atoms with E-state index in [1.807, 2.05) is 18.2 Å². The van der Waals surface area contributed by atoms with E-state index in [4.69, 9.17) is 4.74 Å². The van der Waals surface area contributed by atoms with Gasteiger partial charge in [0.15, 0.2) is 0 Å². The van der Waals surface area contributed by atoms with Gasteiger partial charge in [0.05, 0.1) is 6.61 Å². The van der Waals surface area contributed by atoms with Crippen molar-refractivity contribution in [2.24, 2.45) is 0 Å². The molecule has 0 fully saturated rings. The molecule has 0 bridgehead atoms. The monoisotopic (exact) mass is 317 g/mol. The summed E-state index contributed by atoms with van der Waals surface area (Å²) in [5.41, 5.74) is 2.55. The van der Waals surface area contributed by atoms with Gasteiger partial charge in [-0.2, -0.15) is 0 Å². The van der Waals surface area contributed by atoms with Crippen LogP contribution in [0.5, 0.6) is 5.75 Å². The van der Waals surface area contributed by atoms with Gasteiger partial charge in [0.25, 0.3) is 0 Å². The predicted octanol–water partition coefficient (Wildman–Crippen LogP) is 4.06. The molecular weight excluding hydrogens is 302 g/mol. The van der Waals surface area contributed by atoms with Gasteiger partial charge in [-0.05, 0) is 17.7 Å². The quantitative estimate of drug-likeness (QED) is 0.921. The minimum Gasteiger partial charge on any atom is -0.493 e. The van der Waals surface area contributed by atoms with E-state index in [1.165, 1.54) is 11.1 Å². The Morgan fingerprint density at radius 3 is 2.79 bits per heavy atom. The lowest BCUT2D eigenvalue weighted by Crippen LogP contribution is -2.26. The minimum absolute atomic E-state index is 0.372. The average molecular weight is 318 g/mol. The number of halogens is 1. The Kier molecular flexibility index (Phi) is 3.85. The van der Waals surface area contributed by atoms with E-state index < -0.39 is 0 Å². The Bertz CT molecular complexity index is 570. The summed E-state index contributed by atoms with van der Waals surface area (Å²) in [5.74, 6) is 1.01. The number of hydrogen-bond donors (Lipinski definition) is 1. The summed E-state index contributed by atoms with van der Waals surface area (Å²) < 4.78 is 6.84. The molecule has 1 unspecified atom stereocenters. The maximum absolute atomic E-state index is 5.68. The van der Waals surface area contributed by atoms with Gasteiger partial charge in [0.1, 0.15) is 5.75 Å². The van der Waals surface area contributed by atoms with Crippen molar-refractivity contribution in [1.82, 2.24) is 5.32 Å². The van der Waals surface area contributed by atoms with Crippen LogP contribution in [0.15, 0.2) is 53.0 Å². The number of fused-ring (bicyclic) bond motifs is 1. The highest BCUT2D eigenvalue weighted by Gasteiger charge is 2.20. The molecule has 98 valence electrons. The lowest BCUT2D eigenvalue weighted by molar-refractivity contribution is 0.252. The molecule has 1 aliphatic heterocycles. The third-order valence-corrected chi connectivity index (χ3v) is 4.23. The molecular formula is C16H16BrNO. The molecule has 0 aromatic heterocycles. The van der Waals surface area contributed by atoms with Crippen molar-refractivity contribution in [3.63, 3.8) is 0 Å². The summed E-state index contributed by atoms with van der Waals surface area (Å²) in [4.78, 5) is 0. The SMILES string of the molecule is Brc1ccccc1CNC1CCOc2ccccc21. The molecule has 1 N–H and O–H groups in total. The summed E-state index contributed by atoms with van der Waals surface area (Å²) in [6.45, 7) is 1.64. The van der Waals surface area contributed by atoms with Gasteiger partial charge in [-0.15, -0.1) is 0 Å². The number of para-hydroxylation sites is 1. The molecule has 3 rings (SSSR count). The van der Waals surface area contributed by atoms with Crippen molar-refractivity contribution in [3.8, 4) is 5.75 Å². The molecule has 0 saturated carbocycles. The van der Waals surface area contributed by atoms with Gasteiger partial charge >= 0.3 is 0 Å². The highest BCUT2D eigenvalue weighted by Crippen LogP contribution is 2.31. The molecule has 19 heavy (non-hydrogen) atoms. The molecule has 3 heteroatoms. The van der Waals surface area contributed by atoms with Gasteiger partial charge in [-0.3, -0.25) is 0 Å². The summed E-state index contributed by atoms with van der Waals surface area (Å²) >= 11 is 3.59. The zero-order valence-corrected chi connectivity index (χ0v) is 12.2. The molecule has 0 saturated heterocycles. The van der Waals surface area contributed by atoms with Gasteiger partial charge in [0, 0.05) is 29.0 Å². The Balaban J connectivity index is 1.73. The Morgan fingerprint density at radius 1 is 1.11 bits per heavy atom. The number of hydrogen-bond acceptors (Lipinski definition) is 2. The molecule has 2 aromatic carbocycles. The Morgan fingerprint density at radius 2 is 1.89 bits per heavy atom. The van der Waals surface area contributed by atoms with Crippen molar-refractivity contribution >= 4 is 15.9 Å². The van der Waals surface area contributed by atoms with E-state index in [0.717, 1.165) is 29.8 Å². The largest absolute Gasteiger partial charge is 0.493 e. The van der Waals surface area contributed by atoms with Crippen LogP contribution in [0, 0.1) is 0 Å². The number of nitrogens with one attached hydrogen (secondary N) is 1. The summed E-state index contributed by atoms with van der Waals surface area (Å²) in [5, 5.41) is 3.62. The first-order valence-corrected chi connectivity index (χ1v) is 7.32. The topological polar surface area (TPSA) is 21.3 Å². The van der Waals surface area contributed by atoms with Crippen molar-refractivity contribution in [2.45, 2.75) is 19.0 Å². The number of rotatable bonds is 3. The van der Waals surface area contributed by atoms with E-state index in [0.29, 0.717) is 6.04 Å². The average Bonchev–Trinajstić information content (AvgIpc) is 2.46. The van der Waals surface area contributed by atoms with E-state index in [1.54, 1.807) is 0 Å². The van der Waals surface area contributed by atoms with Crippen molar-refractivity contribution in [2.75, 3.05) is 6.61 Å². The fourth-order valence-corrected chi connectivity index (χ4v) is 2.85. The molecule has 1 heterocycles. The van der Waals surface area contributed by atoms with Crippen molar-refractivity contribution < 1.29 is 4.74 Å². The first kappa shape index (κ1) is 12.7. The van der Waals surface area contributed by atoms with E-state index in [-0.39, 0.29) is 0 Å². The lowest BCUT2D eigenvalue weighted by Gasteiger charge is -2.27. The fourth-order valence-electron chi connectivity index (χ4n) is 2.43. The molecule has 0 radical (unpaired) electrons. The van der Waals surface area contributed by atoms with Crippen LogP contribution < -0.4 is 10.1 Å². The second-order valence-electron chi connectivity index (χ2n) is 4.70. The molecule has 2 nitrogen and oxygen atoms in total. The third kappa shape index (κ3) is 2.82. The van der Waals surface area contributed by atoms with Gasteiger partial charge in [0.2, 0.25) is 0 Å². The number of ether oxygens (including phenoxy) is 1. The molecule has 0 spiro atoms. The lowest BCUT2D eigenvalue weighted by atomic mass is 10.0. The van der Waals surface area contributed by atoms with Crippen LogP contribution in [0.1, 0.15) is 23.6 Å². The molecule has 0 amide bonds. The maximum atomic E-state index is 5.68. The Labute approximate surface area is 121 Å². The Hall–Kier alpha value is -1.32. The van der Waals surface area contributed by atoms with E-state index >= 15 is 0 Å².